The summed E-state index contributed by atoms with van der Waals surface area (Å²) in [5.41, 5.74) is 2.05. The molecule has 0 aromatic carbocycles. The van der Waals surface area contributed by atoms with Crippen LogP contribution in [0.2, 0.25) is 0 Å². The van der Waals surface area contributed by atoms with Gasteiger partial charge in [0.2, 0.25) is 0 Å². The summed E-state index contributed by atoms with van der Waals surface area (Å²) < 4.78 is 5.50. The first-order valence-electron chi connectivity index (χ1n) is 5.76. The standard InChI is InChI=1S/C12H19N3O/c1-8-6-10(7-13-2)15-12(14-8)11(16-3)9-4-5-9/h6,9,11,13H,4-5,7H2,1-3H3. The zero-order chi connectivity index (χ0) is 11.5. The Hall–Kier alpha value is -1.00. The van der Waals surface area contributed by atoms with Gasteiger partial charge in [-0.25, -0.2) is 9.97 Å². The summed E-state index contributed by atoms with van der Waals surface area (Å²) in [6.45, 7) is 2.78. The molecule has 0 amide bonds. The molecule has 1 heterocycles. The number of hydrogen-bond acceptors (Lipinski definition) is 4. The zero-order valence-corrected chi connectivity index (χ0v) is 10.2. The molecule has 0 saturated heterocycles. The van der Waals surface area contributed by atoms with Crippen LogP contribution in [0, 0.1) is 12.8 Å². The van der Waals surface area contributed by atoms with Crippen LogP contribution in [0.15, 0.2) is 6.07 Å². The van der Waals surface area contributed by atoms with Crippen LogP contribution >= 0.6 is 0 Å². The van der Waals surface area contributed by atoms with Crippen molar-refractivity contribution in [3.05, 3.63) is 23.3 Å². The van der Waals surface area contributed by atoms with E-state index in [2.05, 4.69) is 15.3 Å². The van der Waals surface area contributed by atoms with Gasteiger partial charge < -0.3 is 10.1 Å². The number of ether oxygens (including phenoxy) is 1. The van der Waals surface area contributed by atoms with Crippen molar-refractivity contribution in [2.45, 2.75) is 32.4 Å². The average molecular weight is 221 g/mol. The highest BCUT2D eigenvalue weighted by Gasteiger charge is 2.34. The lowest BCUT2D eigenvalue weighted by atomic mass is 10.2. The van der Waals surface area contributed by atoms with E-state index < -0.39 is 0 Å². The van der Waals surface area contributed by atoms with Crippen LogP contribution in [0.25, 0.3) is 0 Å². The fourth-order valence-corrected chi connectivity index (χ4v) is 1.97. The molecule has 1 atom stereocenters. The third-order valence-corrected chi connectivity index (χ3v) is 2.84. The minimum Gasteiger partial charge on any atom is -0.373 e. The van der Waals surface area contributed by atoms with Gasteiger partial charge in [0.05, 0.1) is 5.69 Å². The molecule has 1 unspecified atom stereocenters. The molecule has 1 N–H and O–H groups in total. The number of rotatable bonds is 5. The van der Waals surface area contributed by atoms with Crippen LogP contribution in [0.3, 0.4) is 0 Å². The van der Waals surface area contributed by atoms with Crippen molar-refractivity contribution < 1.29 is 4.74 Å². The zero-order valence-electron chi connectivity index (χ0n) is 10.2. The maximum Gasteiger partial charge on any atom is 0.157 e. The second-order valence-corrected chi connectivity index (χ2v) is 4.38. The molecule has 16 heavy (non-hydrogen) atoms. The van der Waals surface area contributed by atoms with Gasteiger partial charge in [0.15, 0.2) is 5.82 Å². The lowest BCUT2D eigenvalue weighted by molar-refractivity contribution is 0.0768. The van der Waals surface area contributed by atoms with Gasteiger partial charge >= 0.3 is 0 Å². The SMILES string of the molecule is CNCc1cc(C)nc(C(OC)C2CC2)n1. The topological polar surface area (TPSA) is 47.0 Å². The molecule has 1 fully saturated rings. The minimum atomic E-state index is 0.0792. The van der Waals surface area contributed by atoms with Crippen LogP contribution in [-0.2, 0) is 11.3 Å². The molecule has 1 aliphatic rings. The number of hydrogen-bond donors (Lipinski definition) is 1. The van der Waals surface area contributed by atoms with E-state index in [9.17, 15) is 0 Å². The largest absolute Gasteiger partial charge is 0.373 e. The molecule has 2 rings (SSSR count). The molecule has 4 heteroatoms. The third kappa shape index (κ3) is 2.57. The number of nitrogens with one attached hydrogen (secondary N) is 1. The molecule has 0 radical (unpaired) electrons. The van der Waals surface area contributed by atoms with E-state index in [1.165, 1.54) is 12.8 Å². The summed E-state index contributed by atoms with van der Waals surface area (Å²) in [4.78, 5) is 9.04. The predicted molar refractivity (Wildman–Crippen MR) is 62.0 cm³/mol. The van der Waals surface area contributed by atoms with Gasteiger partial charge in [0.1, 0.15) is 6.10 Å². The van der Waals surface area contributed by atoms with E-state index in [1.54, 1.807) is 7.11 Å². The van der Waals surface area contributed by atoms with E-state index in [-0.39, 0.29) is 6.10 Å². The van der Waals surface area contributed by atoms with E-state index in [0.29, 0.717) is 5.92 Å². The van der Waals surface area contributed by atoms with Gasteiger partial charge in [-0.3, -0.25) is 0 Å². The quantitative estimate of drug-likeness (QED) is 0.820. The molecular formula is C12H19N3O. The monoisotopic (exact) mass is 221 g/mol. The van der Waals surface area contributed by atoms with Crippen molar-refractivity contribution in [1.82, 2.24) is 15.3 Å². The van der Waals surface area contributed by atoms with Crippen molar-refractivity contribution >= 4 is 0 Å². The summed E-state index contributed by atoms with van der Waals surface area (Å²) in [6, 6.07) is 2.01. The summed E-state index contributed by atoms with van der Waals surface area (Å²) in [7, 11) is 3.66. The highest BCUT2D eigenvalue weighted by molar-refractivity contribution is 5.12. The summed E-state index contributed by atoms with van der Waals surface area (Å²) in [5, 5.41) is 3.11. The molecule has 1 aromatic heterocycles. The van der Waals surface area contributed by atoms with Crippen molar-refractivity contribution in [2.24, 2.45) is 5.92 Å². The fraction of sp³-hybridized carbons (Fsp3) is 0.667. The molecule has 1 saturated carbocycles. The van der Waals surface area contributed by atoms with E-state index in [0.717, 1.165) is 23.8 Å². The predicted octanol–water partition coefficient (Wildman–Crippen LogP) is 1.60. The Kier molecular flexibility index (Phi) is 3.51. The minimum absolute atomic E-state index is 0.0792. The maximum absolute atomic E-state index is 5.50. The van der Waals surface area contributed by atoms with Gasteiger partial charge in [0, 0.05) is 19.3 Å². The summed E-state index contributed by atoms with van der Waals surface area (Å²) in [5.74, 6) is 1.46. The molecule has 88 valence electrons. The highest BCUT2D eigenvalue weighted by Crippen LogP contribution is 2.41. The van der Waals surface area contributed by atoms with Gasteiger partial charge in [0.25, 0.3) is 0 Å². The molecule has 1 aliphatic carbocycles. The Morgan fingerprint density at radius 1 is 1.50 bits per heavy atom. The van der Waals surface area contributed by atoms with E-state index in [4.69, 9.17) is 4.74 Å². The molecule has 0 aliphatic heterocycles. The van der Waals surface area contributed by atoms with Crippen LogP contribution < -0.4 is 5.32 Å². The highest BCUT2D eigenvalue weighted by atomic mass is 16.5. The lowest BCUT2D eigenvalue weighted by Crippen LogP contribution is -2.14. The first kappa shape index (κ1) is 11.5. The Balaban J connectivity index is 2.24. The number of aromatic nitrogens is 2. The van der Waals surface area contributed by atoms with Crippen LogP contribution in [-0.4, -0.2) is 24.1 Å². The first-order valence-corrected chi connectivity index (χ1v) is 5.76. The van der Waals surface area contributed by atoms with Gasteiger partial charge in [-0.2, -0.15) is 0 Å². The van der Waals surface area contributed by atoms with Crippen molar-refractivity contribution in [3.8, 4) is 0 Å². The number of methoxy groups -OCH3 is 1. The van der Waals surface area contributed by atoms with Crippen molar-refractivity contribution in [3.63, 3.8) is 0 Å². The van der Waals surface area contributed by atoms with E-state index >= 15 is 0 Å². The van der Waals surface area contributed by atoms with Crippen LogP contribution in [0.4, 0.5) is 0 Å². The van der Waals surface area contributed by atoms with Crippen molar-refractivity contribution in [2.75, 3.05) is 14.2 Å². The van der Waals surface area contributed by atoms with E-state index in [1.807, 2.05) is 20.0 Å². The van der Waals surface area contributed by atoms with Gasteiger partial charge in [-0.05, 0) is 38.8 Å². The second-order valence-electron chi connectivity index (χ2n) is 4.38. The van der Waals surface area contributed by atoms with Crippen molar-refractivity contribution in [1.29, 1.82) is 0 Å². The molecule has 1 aromatic rings. The summed E-state index contributed by atoms with van der Waals surface area (Å²) >= 11 is 0. The maximum atomic E-state index is 5.50. The second kappa shape index (κ2) is 4.89. The molecule has 0 bridgehead atoms. The third-order valence-electron chi connectivity index (χ3n) is 2.84. The Morgan fingerprint density at radius 2 is 2.25 bits per heavy atom. The number of nitrogens with zero attached hydrogens (tertiary/aromatic N) is 2. The Morgan fingerprint density at radius 3 is 2.81 bits per heavy atom. The average Bonchev–Trinajstić information content (AvgIpc) is 3.03. The number of aryl methyl sites for hydroxylation is 1. The molecule has 4 nitrogen and oxygen atoms in total. The fourth-order valence-electron chi connectivity index (χ4n) is 1.97. The first-order chi connectivity index (χ1) is 7.74. The molecule has 0 spiro atoms. The van der Waals surface area contributed by atoms with Crippen LogP contribution in [0.1, 0.15) is 36.2 Å². The Labute approximate surface area is 96.4 Å². The van der Waals surface area contributed by atoms with Gasteiger partial charge in [-0.15, -0.1) is 0 Å². The Bertz CT molecular complexity index is 363. The molecular weight excluding hydrogens is 202 g/mol. The van der Waals surface area contributed by atoms with Crippen LogP contribution in [0.5, 0.6) is 0 Å². The smallest absolute Gasteiger partial charge is 0.157 e. The summed E-state index contributed by atoms with van der Waals surface area (Å²) in [6.07, 6.45) is 2.55. The lowest BCUT2D eigenvalue weighted by Gasteiger charge is -2.14. The van der Waals surface area contributed by atoms with Gasteiger partial charge in [-0.1, -0.05) is 0 Å². The normalized spacial score (nSPS) is 17.4.